The van der Waals surface area contributed by atoms with Gasteiger partial charge >= 0.3 is 0 Å². The number of rotatable bonds is 1. The number of benzene rings is 1. The molecule has 0 radical (unpaired) electrons. The van der Waals surface area contributed by atoms with E-state index in [0.717, 1.165) is 0 Å². The van der Waals surface area contributed by atoms with Gasteiger partial charge in [0, 0.05) is 12.6 Å². The van der Waals surface area contributed by atoms with Crippen LogP contribution in [0.5, 0.6) is 0 Å². The Hall–Kier alpha value is -3.02. The predicted octanol–water partition coefficient (Wildman–Crippen LogP) is 1.77. The molecule has 1 aliphatic carbocycles. The molecule has 28 heavy (non-hydrogen) atoms. The summed E-state index contributed by atoms with van der Waals surface area (Å²) < 4.78 is 15.3. The van der Waals surface area contributed by atoms with Crippen molar-refractivity contribution in [3.05, 3.63) is 35.9 Å². The monoisotopic (exact) mass is 381 g/mol. The van der Waals surface area contributed by atoms with Gasteiger partial charge in [0.05, 0.1) is 6.10 Å². The number of aliphatic hydroxyl groups excluding tert-OH is 1. The molecule has 2 heterocycles. The van der Waals surface area contributed by atoms with Gasteiger partial charge in [-0.2, -0.15) is 0 Å². The summed E-state index contributed by atoms with van der Waals surface area (Å²) >= 11 is 0. The average Bonchev–Trinajstić information content (AvgIpc) is 3.00. The van der Waals surface area contributed by atoms with E-state index in [9.17, 15) is 14.6 Å². The Kier molecular flexibility index (Phi) is 4.49. The third kappa shape index (κ3) is 3.42. The van der Waals surface area contributed by atoms with Crippen LogP contribution in [0, 0.1) is 17.7 Å². The molecule has 4 rings (SSSR count). The van der Waals surface area contributed by atoms with E-state index in [1.807, 2.05) is 0 Å². The number of halogens is 1. The van der Waals surface area contributed by atoms with Crippen LogP contribution in [0.25, 0.3) is 22.6 Å². The smallest absolute Gasteiger partial charge is 0.209 e. The molecular formula is C20H20FN5O2. The van der Waals surface area contributed by atoms with Gasteiger partial charge in [-0.1, -0.05) is 18.1 Å². The Morgan fingerprint density at radius 1 is 1.25 bits per heavy atom. The quantitative estimate of drug-likeness (QED) is 0.554. The van der Waals surface area contributed by atoms with E-state index in [4.69, 9.17) is 5.73 Å². The van der Waals surface area contributed by atoms with Crippen molar-refractivity contribution in [2.75, 3.05) is 5.73 Å². The van der Waals surface area contributed by atoms with Gasteiger partial charge in [0.15, 0.2) is 17.0 Å². The van der Waals surface area contributed by atoms with Crippen molar-refractivity contribution in [1.82, 2.24) is 19.5 Å². The second kappa shape index (κ2) is 6.86. The molecule has 0 unspecified atom stereocenters. The summed E-state index contributed by atoms with van der Waals surface area (Å²) in [6.45, 7) is 0. The second-order valence-electron chi connectivity index (χ2n) is 7.12. The lowest BCUT2D eigenvalue weighted by molar-refractivity contribution is 0.0104. The number of aromatic nitrogens is 4. The topological polar surface area (TPSA) is 110 Å². The van der Waals surface area contributed by atoms with Crippen LogP contribution in [-0.2, 0) is 7.05 Å². The van der Waals surface area contributed by atoms with Crippen LogP contribution in [-0.4, -0.2) is 41.4 Å². The van der Waals surface area contributed by atoms with E-state index in [1.54, 1.807) is 23.7 Å². The maximum Gasteiger partial charge on any atom is 0.209 e. The third-order valence-corrected chi connectivity index (χ3v) is 5.02. The first-order chi connectivity index (χ1) is 13.3. The Bertz CT molecular complexity index is 1110. The highest BCUT2D eigenvalue weighted by Gasteiger charge is 2.30. The molecule has 0 saturated heterocycles. The molecule has 4 N–H and O–H groups in total. The zero-order valence-corrected chi connectivity index (χ0v) is 15.4. The van der Waals surface area contributed by atoms with Gasteiger partial charge in [-0.3, -0.25) is 0 Å². The van der Waals surface area contributed by atoms with Gasteiger partial charge in [-0.25, -0.2) is 19.3 Å². The Labute approximate surface area is 161 Å². The van der Waals surface area contributed by atoms with Gasteiger partial charge in [0.1, 0.15) is 17.2 Å². The van der Waals surface area contributed by atoms with Crippen molar-refractivity contribution in [3.63, 3.8) is 0 Å². The van der Waals surface area contributed by atoms with Gasteiger partial charge in [0.25, 0.3) is 0 Å². The zero-order valence-electron chi connectivity index (χ0n) is 15.4. The number of nitrogens with zero attached hydrogens (tertiary/aromatic N) is 4. The first kappa shape index (κ1) is 18.3. The Balaban J connectivity index is 1.73. The van der Waals surface area contributed by atoms with Crippen LogP contribution < -0.4 is 5.73 Å². The van der Waals surface area contributed by atoms with Crippen LogP contribution in [0.3, 0.4) is 0 Å². The van der Waals surface area contributed by atoms with Crippen molar-refractivity contribution in [3.8, 4) is 23.2 Å². The second-order valence-corrected chi connectivity index (χ2v) is 7.12. The maximum atomic E-state index is 13.6. The van der Waals surface area contributed by atoms with E-state index in [-0.39, 0.29) is 23.6 Å². The number of imidazole rings is 1. The summed E-state index contributed by atoms with van der Waals surface area (Å²) in [5, 5.41) is 20.1. The normalized spacial score (nSPS) is 22.1. The fourth-order valence-electron chi connectivity index (χ4n) is 3.40. The van der Waals surface area contributed by atoms with E-state index >= 15 is 0 Å². The SMILES string of the molecule is Cn1c(-c2cccc(F)c2)nc2c(N)nc(C#CC3(O)CCC(O)CC3)nc21. The molecule has 1 aromatic carbocycles. The molecule has 3 aromatic rings. The first-order valence-corrected chi connectivity index (χ1v) is 9.04. The highest BCUT2D eigenvalue weighted by Crippen LogP contribution is 2.28. The molecule has 8 heteroatoms. The molecule has 0 bridgehead atoms. The molecule has 0 aliphatic heterocycles. The summed E-state index contributed by atoms with van der Waals surface area (Å²) in [7, 11) is 1.76. The Morgan fingerprint density at radius 2 is 2.00 bits per heavy atom. The molecule has 1 aliphatic rings. The van der Waals surface area contributed by atoms with Crippen LogP contribution >= 0.6 is 0 Å². The van der Waals surface area contributed by atoms with Crippen LogP contribution in [0.2, 0.25) is 0 Å². The fourth-order valence-corrected chi connectivity index (χ4v) is 3.40. The van der Waals surface area contributed by atoms with Crippen LogP contribution in [0.4, 0.5) is 10.2 Å². The Morgan fingerprint density at radius 3 is 2.71 bits per heavy atom. The highest BCUT2D eigenvalue weighted by molar-refractivity contribution is 5.85. The number of hydrogen-bond donors (Lipinski definition) is 3. The summed E-state index contributed by atoms with van der Waals surface area (Å²) in [5.74, 6) is 6.13. The van der Waals surface area contributed by atoms with Gasteiger partial charge in [-0.05, 0) is 43.7 Å². The van der Waals surface area contributed by atoms with Crippen molar-refractivity contribution < 1.29 is 14.6 Å². The fraction of sp³-hybridized carbons (Fsp3) is 0.350. The van der Waals surface area contributed by atoms with E-state index in [0.29, 0.717) is 48.2 Å². The minimum Gasteiger partial charge on any atom is -0.393 e. The molecule has 1 saturated carbocycles. The lowest BCUT2D eigenvalue weighted by atomic mass is 9.84. The lowest BCUT2D eigenvalue weighted by Crippen LogP contribution is -2.34. The predicted molar refractivity (Wildman–Crippen MR) is 102 cm³/mol. The number of anilines is 1. The number of hydrogen-bond acceptors (Lipinski definition) is 6. The van der Waals surface area contributed by atoms with Gasteiger partial charge in [0.2, 0.25) is 5.82 Å². The molecule has 1 fully saturated rings. The first-order valence-electron chi connectivity index (χ1n) is 9.04. The molecule has 7 nitrogen and oxygen atoms in total. The molecule has 0 amide bonds. The number of nitrogen functional groups attached to an aromatic ring is 1. The molecule has 2 aromatic heterocycles. The van der Waals surface area contributed by atoms with Crippen molar-refractivity contribution in [2.45, 2.75) is 37.4 Å². The number of aryl methyl sites for hydroxylation is 1. The van der Waals surface area contributed by atoms with Crippen LogP contribution in [0.15, 0.2) is 24.3 Å². The number of aliphatic hydroxyl groups is 2. The average molecular weight is 381 g/mol. The number of fused-ring (bicyclic) bond motifs is 1. The maximum absolute atomic E-state index is 13.6. The molecule has 0 atom stereocenters. The third-order valence-electron chi connectivity index (χ3n) is 5.02. The minimum absolute atomic E-state index is 0.165. The number of nitrogens with two attached hydrogens (primary N) is 1. The standard InChI is InChI=1S/C20H20FN5O2/c1-26-18(12-3-2-4-13(21)11-12)25-16-17(22)23-15(24-19(16)26)7-10-20(28)8-5-14(27)6-9-20/h2-4,11,14,27-28H,5-6,8-9H2,1H3,(H2,22,23,24). The van der Waals surface area contributed by atoms with Gasteiger partial charge in [-0.15, -0.1) is 0 Å². The van der Waals surface area contributed by atoms with Crippen molar-refractivity contribution in [1.29, 1.82) is 0 Å². The van der Waals surface area contributed by atoms with E-state index in [1.165, 1.54) is 12.1 Å². The van der Waals surface area contributed by atoms with Gasteiger partial charge < -0.3 is 20.5 Å². The zero-order chi connectivity index (χ0) is 19.9. The summed E-state index contributed by atoms with van der Waals surface area (Å²) in [5.41, 5.74) is 6.36. The summed E-state index contributed by atoms with van der Waals surface area (Å²) in [6.07, 6.45) is 1.42. The minimum atomic E-state index is -1.16. The molecular weight excluding hydrogens is 361 g/mol. The van der Waals surface area contributed by atoms with Crippen LogP contribution in [0.1, 0.15) is 31.5 Å². The molecule has 0 spiro atoms. The van der Waals surface area contributed by atoms with Crippen molar-refractivity contribution >= 4 is 17.0 Å². The molecule has 144 valence electrons. The van der Waals surface area contributed by atoms with E-state index in [2.05, 4.69) is 26.8 Å². The highest BCUT2D eigenvalue weighted by atomic mass is 19.1. The van der Waals surface area contributed by atoms with E-state index < -0.39 is 5.60 Å². The lowest BCUT2D eigenvalue weighted by Gasteiger charge is -2.29. The summed E-state index contributed by atoms with van der Waals surface area (Å²) in [4.78, 5) is 13.1. The van der Waals surface area contributed by atoms with Crippen molar-refractivity contribution in [2.24, 2.45) is 7.05 Å². The summed E-state index contributed by atoms with van der Waals surface area (Å²) in [6, 6.07) is 6.11. The largest absolute Gasteiger partial charge is 0.393 e.